The maximum Gasteiger partial charge on any atom is 0.142 e. The molecule has 0 aliphatic rings. The molecule has 124 valence electrons. The lowest BCUT2D eigenvalue weighted by atomic mass is 10.1. The molecule has 0 aliphatic heterocycles. The van der Waals surface area contributed by atoms with E-state index in [1.54, 1.807) is 13.2 Å². The summed E-state index contributed by atoms with van der Waals surface area (Å²) in [5.41, 5.74) is 2.12. The second-order valence-corrected chi connectivity index (χ2v) is 6.34. The molecule has 23 heavy (non-hydrogen) atoms. The van der Waals surface area contributed by atoms with Crippen LogP contribution in [0.5, 0.6) is 11.5 Å². The van der Waals surface area contributed by atoms with Crippen LogP contribution in [-0.2, 0) is 13.1 Å². The predicted octanol–water partition coefficient (Wildman–Crippen LogP) is 5.08. The standard InChI is InChI=1S/C18H21Cl2NO2/c1-12(2)23-18-14(8-15(19)9-17(18)20)11-21-10-13-4-6-16(22-3)7-5-13/h4-9,12,21H,10-11H2,1-3H3. The average Bonchev–Trinajstić information content (AvgIpc) is 2.51. The molecule has 0 aliphatic carbocycles. The van der Waals surface area contributed by atoms with Gasteiger partial charge in [0.2, 0.25) is 0 Å². The normalized spacial score (nSPS) is 10.9. The number of hydrogen-bond acceptors (Lipinski definition) is 3. The Kier molecular flexibility index (Phi) is 6.58. The van der Waals surface area contributed by atoms with Gasteiger partial charge >= 0.3 is 0 Å². The summed E-state index contributed by atoms with van der Waals surface area (Å²) in [6.45, 7) is 5.29. The summed E-state index contributed by atoms with van der Waals surface area (Å²) >= 11 is 12.4. The molecule has 2 rings (SSSR count). The van der Waals surface area contributed by atoms with E-state index >= 15 is 0 Å². The van der Waals surface area contributed by atoms with E-state index in [1.807, 2.05) is 44.2 Å². The van der Waals surface area contributed by atoms with Gasteiger partial charge in [0.05, 0.1) is 18.2 Å². The monoisotopic (exact) mass is 353 g/mol. The van der Waals surface area contributed by atoms with Crippen LogP contribution in [0.25, 0.3) is 0 Å². The molecule has 0 atom stereocenters. The fourth-order valence-corrected chi connectivity index (χ4v) is 2.78. The lowest BCUT2D eigenvalue weighted by Crippen LogP contribution is -2.15. The van der Waals surface area contributed by atoms with E-state index < -0.39 is 0 Å². The highest BCUT2D eigenvalue weighted by Gasteiger charge is 2.12. The molecule has 2 aromatic carbocycles. The van der Waals surface area contributed by atoms with E-state index in [2.05, 4.69) is 5.32 Å². The van der Waals surface area contributed by atoms with Gasteiger partial charge in [-0.15, -0.1) is 0 Å². The second-order valence-electron chi connectivity index (χ2n) is 5.49. The topological polar surface area (TPSA) is 30.5 Å². The summed E-state index contributed by atoms with van der Waals surface area (Å²) in [4.78, 5) is 0. The zero-order valence-corrected chi connectivity index (χ0v) is 15.0. The summed E-state index contributed by atoms with van der Waals surface area (Å²) in [5, 5.41) is 4.52. The van der Waals surface area contributed by atoms with Gasteiger partial charge in [0, 0.05) is 23.7 Å². The Morgan fingerprint density at radius 1 is 1.04 bits per heavy atom. The minimum absolute atomic E-state index is 0.0500. The minimum Gasteiger partial charge on any atom is -0.497 e. The van der Waals surface area contributed by atoms with Gasteiger partial charge in [-0.05, 0) is 43.7 Å². The molecule has 2 aromatic rings. The first-order chi connectivity index (χ1) is 11.0. The van der Waals surface area contributed by atoms with Gasteiger partial charge in [0.25, 0.3) is 0 Å². The van der Waals surface area contributed by atoms with E-state index in [0.717, 1.165) is 17.9 Å². The van der Waals surface area contributed by atoms with Gasteiger partial charge in [-0.1, -0.05) is 35.3 Å². The van der Waals surface area contributed by atoms with Crippen molar-refractivity contribution >= 4 is 23.2 Å². The van der Waals surface area contributed by atoms with Crippen molar-refractivity contribution in [2.45, 2.75) is 33.0 Å². The molecule has 0 radical (unpaired) electrons. The molecule has 5 heteroatoms. The number of hydrogen-bond donors (Lipinski definition) is 1. The number of rotatable bonds is 7. The molecule has 0 amide bonds. The zero-order valence-electron chi connectivity index (χ0n) is 13.5. The number of methoxy groups -OCH3 is 1. The maximum absolute atomic E-state index is 6.26. The van der Waals surface area contributed by atoms with Crippen molar-refractivity contribution in [2.24, 2.45) is 0 Å². The van der Waals surface area contributed by atoms with Crippen LogP contribution in [0.1, 0.15) is 25.0 Å². The van der Waals surface area contributed by atoms with Crippen LogP contribution in [0.4, 0.5) is 0 Å². The number of ether oxygens (including phenoxy) is 2. The summed E-state index contributed by atoms with van der Waals surface area (Å²) in [6, 6.07) is 11.5. The third kappa shape index (κ3) is 5.31. The third-order valence-electron chi connectivity index (χ3n) is 3.24. The highest BCUT2D eigenvalue weighted by atomic mass is 35.5. The van der Waals surface area contributed by atoms with Gasteiger partial charge in [-0.3, -0.25) is 0 Å². The van der Waals surface area contributed by atoms with Crippen molar-refractivity contribution in [3.05, 3.63) is 57.6 Å². The largest absolute Gasteiger partial charge is 0.497 e. The van der Waals surface area contributed by atoms with Crippen LogP contribution in [-0.4, -0.2) is 13.2 Å². The number of benzene rings is 2. The van der Waals surface area contributed by atoms with Crippen molar-refractivity contribution in [1.82, 2.24) is 5.32 Å². The van der Waals surface area contributed by atoms with Crippen molar-refractivity contribution in [3.8, 4) is 11.5 Å². The molecule has 0 bridgehead atoms. The summed E-state index contributed by atoms with van der Waals surface area (Å²) in [5.74, 6) is 1.54. The number of halogens is 2. The van der Waals surface area contributed by atoms with E-state index in [-0.39, 0.29) is 6.10 Å². The highest BCUT2D eigenvalue weighted by Crippen LogP contribution is 2.33. The second kappa shape index (κ2) is 8.44. The molecule has 0 fully saturated rings. The first-order valence-electron chi connectivity index (χ1n) is 7.48. The first-order valence-corrected chi connectivity index (χ1v) is 8.23. The van der Waals surface area contributed by atoms with E-state index in [1.165, 1.54) is 5.56 Å². The van der Waals surface area contributed by atoms with Crippen LogP contribution in [0.3, 0.4) is 0 Å². The van der Waals surface area contributed by atoms with Crippen LogP contribution in [0, 0.1) is 0 Å². The molecule has 3 nitrogen and oxygen atoms in total. The fourth-order valence-electron chi connectivity index (χ4n) is 2.20. The first kappa shape index (κ1) is 17.9. The molecule has 0 saturated heterocycles. The van der Waals surface area contributed by atoms with E-state index in [4.69, 9.17) is 32.7 Å². The minimum atomic E-state index is 0.0500. The quantitative estimate of drug-likeness (QED) is 0.752. The van der Waals surface area contributed by atoms with Crippen LogP contribution >= 0.6 is 23.2 Å². The van der Waals surface area contributed by atoms with Crippen molar-refractivity contribution in [1.29, 1.82) is 0 Å². The average molecular weight is 354 g/mol. The van der Waals surface area contributed by atoms with Crippen LogP contribution < -0.4 is 14.8 Å². The Hall–Kier alpha value is -1.42. The SMILES string of the molecule is COc1ccc(CNCc2cc(Cl)cc(Cl)c2OC(C)C)cc1. The highest BCUT2D eigenvalue weighted by molar-refractivity contribution is 6.35. The Balaban J connectivity index is 2.04. The molecule has 0 heterocycles. The van der Waals surface area contributed by atoms with Gasteiger partial charge < -0.3 is 14.8 Å². The van der Waals surface area contributed by atoms with Crippen molar-refractivity contribution in [3.63, 3.8) is 0 Å². The predicted molar refractivity (Wildman–Crippen MR) is 95.8 cm³/mol. The molecular formula is C18H21Cl2NO2. The lowest BCUT2D eigenvalue weighted by Gasteiger charge is -2.17. The summed E-state index contributed by atoms with van der Waals surface area (Å²) in [7, 11) is 1.66. The zero-order chi connectivity index (χ0) is 16.8. The van der Waals surface area contributed by atoms with Crippen molar-refractivity contribution in [2.75, 3.05) is 7.11 Å². The van der Waals surface area contributed by atoms with E-state index in [9.17, 15) is 0 Å². The van der Waals surface area contributed by atoms with Crippen LogP contribution in [0.15, 0.2) is 36.4 Å². The smallest absolute Gasteiger partial charge is 0.142 e. The van der Waals surface area contributed by atoms with Crippen molar-refractivity contribution < 1.29 is 9.47 Å². The van der Waals surface area contributed by atoms with Gasteiger partial charge in [0.15, 0.2) is 0 Å². The Labute approximate surface area is 147 Å². The Morgan fingerprint density at radius 2 is 1.74 bits per heavy atom. The molecule has 1 N–H and O–H groups in total. The molecule has 0 saturated carbocycles. The van der Waals surface area contributed by atoms with Crippen LogP contribution in [0.2, 0.25) is 10.0 Å². The Bertz CT molecular complexity index is 642. The summed E-state index contributed by atoms with van der Waals surface area (Å²) in [6.07, 6.45) is 0.0500. The summed E-state index contributed by atoms with van der Waals surface area (Å²) < 4.78 is 11.0. The molecule has 0 unspecified atom stereocenters. The van der Waals surface area contributed by atoms with Gasteiger partial charge in [0.1, 0.15) is 11.5 Å². The molecule has 0 aromatic heterocycles. The third-order valence-corrected chi connectivity index (χ3v) is 3.74. The lowest BCUT2D eigenvalue weighted by molar-refractivity contribution is 0.239. The van der Waals surface area contributed by atoms with Gasteiger partial charge in [-0.25, -0.2) is 0 Å². The fraction of sp³-hybridized carbons (Fsp3) is 0.333. The maximum atomic E-state index is 6.26. The van der Waals surface area contributed by atoms with Gasteiger partial charge in [-0.2, -0.15) is 0 Å². The molecular weight excluding hydrogens is 333 g/mol. The Morgan fingerprint density at radius 3 is 2.35 bits per heavy atom. The van der Waals surface area contributed by atoms with E-state index in [0.29, 0.717) is 22.3 Å². The number of nitrogens with one attached hydrogen (secondary N) is 1. The molecule has 0 spiro atoms.